The first kappa shape index (κ1) is 10.8. The summed E-state index contributed by atoms with van der Waals surface area (Å²) in [5.41, 5.74) is 1.15. The lowest BCUT2D eigenvalue weighted by Gasteiger charge is -2.04. The zero-order valence-electron chi connectivity index (χ0n) is 8.51. The van der Waals surface area contributed by atoms with Crippen LogP contribution in [0.3, 0.4) is 0 Å². The standard InChI is InChI=1S/C10H9BrN4O/c1-15-6-12-5-8(15)10(16)14-7-2-3-9(11)13-4-7/h2-6H,1H3,(H,14,16). The summed E-state index contributed by atoms with van der Waals surface area (Å²) >= 11 is 3.22. The van der Waals surface area contributed by atoms with Crippen molar-refractivity contribution < 1.29 is 4.79 Å². The van der Waals surface area contributed by atoms with Crippen molar-refractivity contribution in [1.82, 2.24) is 14.5 Å². The molecule has 1 N–H and O–H groups in total. The largest absolute Gasteiger partial charge is 0.330 e. The van der Waals surface area contributed by atoms with Crippen molar-refractivity contribution in [2.75, 3.05) is 5.32 Å². The second kappa shape index (κ2) is 4.44. The van der Waals surface area contributed by atoms with Crippen LogP contribution in [0, 0.1) is 0 Å². The van der Waals surface area contributed by atoms with E-state index in [1.165, 1.54) is 6.20 Å². The second-order valence-electron chi connectivity index (χ2n) is 3.21. The number of pyridine rings is 1. The number of imidazole rings is 1. The van der Waals surface area contributed by atoms with Crippen LogP contribution in [-0.2, 0) is 7.05 Å². The van der Waals surface area contributed by atoms with E-state index in [1.807, 2.05) is 0 Å². The second-order valence-corrected chi connectivity index (χ2v) is 4.03. The number of hydrogen-bond donors (Lipinski definition) is 1. The molecule has 2 aromatic rings. The number of nitrogens with one attached hydrogen (secondary N) is 1. The maximum Gasteiger partial charge on any atom is 0.273 e. The lowest BCUT2D eigenvalue weighted by molar-refractivity contribution is 0.101. The molecule has 1 amide bonds. The number of rotatable bonds is 2. The van der Waals surface area contributed by atoms with E-state index >= 15 is 0 Å². The van der Waals surface area contributed by atoms with Crippen LogP contribution in [0.15, 0.2) is 35.5 Å². The Hall–Kier alpha value is -1.69. The highest BCUT2D eigenvalue weighted by molar-refractivity contribution is 9.10. The van der Waals surface area contributed by atoms with Gasteiger partial charge in [0.2, 0.25) is 0 Å². The number of halogens is 1. The van der Waals surface area contributed by atoms with Crippen molar-refractivity contribution >= 4 is 27.5 Å². The molecule has 0 saturated heterocycles. The maximum absolute atomic E-state index is 11.8. The van der Waals surface area contributed by atoms with E-state index in [0.29, 0.717) is 11.4 Å². The van der Waals surface area contributed by atoms with Crippen molar-refractivity contribution in [1.29, 1.82) is 0 Å². The Morgan fingerprint density at radius 1 is 1.44 bits per heavy atom. The normalized spacial score (nSPS) is 10.1. The molecule has 0 fully saturated rings. The van der Waals surface area contributed by atoms with Gasteiger partial charge in [0.25, 0.3) is 5.91 Å². The highest BCUT2D eigenvalue weighted by atomic mass is 79.9. The van der Waals surface area contributed by atoms with Gasteiger partial charge in [-0.25, -0.2) is 9.97 Å². The fourth-order valence-corrected chi connectivity index (χ4v) is 1.46. The first-order valence-electron chi connectivity index (χ1n) is 4.56. The lowest BCUT2D eigenvalue weighted by atomic mass is 10.4. The number of anilines is 1. The average molecular weight is 281 g/mol. The summed E-state index contributed by atoms with van der Waals surface area (Å²) in [5, 5.41) is 2.73. The van der Waals surface area contributed by atoms with Crippen LogP contribution in [0.4, 0.5) is 5.69 Å². The summed E-state index contributed by atoms with van der Waals surface area (Å²) in [6, 6.07) is 3.53. The molecule has 0 bridgehead atoms. The molecule has 0 radical (unpaired) electrons. The number of aryl methyl sites for hydroxylation is 1. The highest BCUT2D eigenvalue weighted by Gasteiger charge is 2.09. The molecule has 5 nitrogen and oxygen atoms in total. The van der Waals surface area contributed by atoms with Crippen molar-refractivity contribution in [3.8, 4) is 0 Å². The lowest BCUT2D eigenvalue weighted by Crippen LogP contribution is -2.15. The fraction of sp³-hybridized carbons (Fsp3) is 0.100. The molecule has 0 unspecified atom stereocenters. The van der Waals surface area contributed by atoms with Crippen LogP contribution in [-0.4, -0.2) is 20.4 Å². The molecule has 0 spiro atoms. The van der Waals surface area contributed by atoms with Crippen LogP contribution >= 0.6 is 15.9 Å². The molecule has 0 atom stereocenters. The van der Waals surface area contributed by atoms with Gasteiger partial charge in [-0.05, 0) is 28.1 Å². The first-order valence-corrected chi connectivity index (χ1v) is 5.35. The minimum Gasteiger partial charge on any atom is -0.330 e. The third-order valence-corrected chi connectivity index (χ3v) is 2.50. The Kier molecular flexibility index (Phi) is 3.00. The van der Waals surface area contributed by atoms with Gasteiger partial charge in [0, 0.05) is 7.05 Å². The summed E-state index contributed by atoms with van der Waals surface area (Å²) < 4.78 is 2.38. The topological polar surface area (TPSA) is 59.8 Å². The quantitative estimate of drug-likeness (QED) is 0.854. The van der Waals surface area contributed by atoms with Gasteiger partial charge in [-0.1, -0.05) is 0 Å². The van der Waals surface area contributed by atoms with Gasteiger partial charge in [0.1, 0.15) is 10.3 Å². The van der Waals surface area contributed by atoms with Crippen molar-refractivity contribution in [3.05, 3.63) is 41.2 Å². The van der Waals surface area contributed by atoms with Gasteiger partial charge < -0.3 is 9.88 Å². The van der Waals surface area contributed by atoms with Crippen molar-refractivity contribution in [3.63, 3.8) is 0 Å². The van der Waals surface area contributed by atoms with E-state index in [9.17, 15) is 4.79 Å². The molecule has 2 rings (SSSR count). The van der Waals surface area contributed by atoms with Gasteiger partial charge in [-0.2, -0.15) is 0 Å². The zero-order chi connectivity index (χ0) is 11.5. The number of carbonyl (C=O) groups excluding carboxylic acids is 1. The molecule has 0 aromatic carbocycles. The van der Waals surface area contributed by atoms with Crippen LogP contribution in [0.2, 0.25) is 0 Å². The van der Waals surface area contributed by atoms with Gasteiger partial charge in [-0.15, -0.1) is 0 Å². The highest BCUT2D eigenvalue weighted by Crippen LogP contribution is 2.11. The van der Waals surface area contributed by atoms with E-state index in [0.717, 1.165) is 4.60 Å². The Bertz CT molecular complexity index is 506. The number of nitrogens with zero attached hydrogens (tertiary/aromatic N) is 3. The predicted molar refractivity (Wildman–Crippen MR) is 63.1 cm³/mol. The van der Waals surface area contributed by atoms with E-state index in [-0.39, 0.29) is 5.91 Å². The molecular formula is C10H9BrN4O. The van der Waals surface area contributed by atoms with Crippen molar-refractivity contribution in [2.24, 2.45) is 7.05 Å². The van der Waals surface area contributed by atoms with Crippen LogP contribution < -0.4 is 5.32 Å². The molecule has 6 heteroatoms. The Balaban J connectivity index is 2.14. The molecule has 16 heavy (non-hydrogen) atoms. The smallest absolute Gasteiger partial charge is 0.273 e. The minimum atomic E-state index is -0.205. The van der Waals surface area contributed by atoms with Gasteiger partial charge >= 0.3 is 0 Å². The zero-order valence-corrected chi connectivity index (χ0v) is 10.1. The molecule has 0 aliphatic rings. The molecule has 0 aliphatic heterocycles. The summed E-state index contributed by atoms with van der Waals surface area (Å²) in [4.78, 5) is 19.7. The van der Waals surface area contributed by atoms with Gasteiger partial charge in [-0.3, -0.25) is 4.79 Å². The average Bonchev–Trinajstić information content (AvgIpc) is 2.68. The Morgan fingerprint density at radius 2 is 2.25 bits per heavy atom. The molecule has 2 heterocycles. The number of hydrogen-bond acceptors (Lipinski definition) is 3. The van der Waals surface area contributed by atoms with Gasteiger partial charge in [0.15, 0.2) is 0 Å². The summed E-state index contributed by atoms with van der Waals surface area (Å²) in [7, 11) is 1.77. The number of amides is 1. The maximum atomic E-state index is 11.8. The fourth-order valence-electron chi connectivity index (χ4n) is 1.22. The van der Waals surface area contributed by atoms with E-state index in [4.69, 9.17) is 0 Å². The van der Waals surface area contributed by atoms with Crippen LogP contribution in [0.5, 0.6) is 0 Å². The molecular weight excluding hydrogens is 272 g/mol. The Labute approximate surface area is 101 Å². The third kappa shape index (κ3) is 2.27. The van der Waals surface area contributed by atoms with Crippen LogP contribution in [0.1, 0.15) is 10.5 Å². The first-order chi connectivity index (χ1) is 7.66. The van der Waals surface area contributed by atoms with Crippen molar-refractivity contribution in [2.45, 2.75) is 0 Å². The van der Waals surface area contributed by atoms with E-state index < -0.39 is 0 Å². The molecule has 0 saturated carbocycles. The Morgan fingerprint density at radius 3 is 2.81 bits per heavy atom. The third-order valence-electron chi connectivity index (χ3n) is 2.03. The summed E-state index contributed by atoms with van der Waals surface area (Å²) in [6.45, 7) is 0. The SMILES string of the molecule is Cn1cncc1C(=O)Nc1ccc(Br)nc1. The van der Waals surface area contributed by atoms with E-state index in [2.05, 4.69) is 31.2 Å². The van der Waals surface area contributed by atoms with E-state index in [1.54, 1.807) is 36.3 Å². The number of carbonyl (C=O) groups is 1. The van der Waals surface area contributed by atoms with Gasteiger partial charge in [0.05, 0.1) is 24.4 Å². The summed E-state index contributed by atoms with van der Waals surface area (Å²) in [6.07, 6.45) is 4.68. The minimum absolute atomic E-state index is 0.205. The monoisotopic (exact) mass is 280 g/mol. The molecule has 2 aromatic heterocycles. The van der Waals surface area contributed by atoms with Crippen LogP contribution in [0.25, 0.3) is 0 Å². The predicted octanol–water partition coefficient (Wildman–Crippen LogP) is 1.83. The summed E-state index contributed by atoms with van der Waals surface area (Å²) in [5.74, 6) is -0.205. The molecule has 0 aliphatic carbocycles. The number of aromatic nitrogens is 3. The molecule has 82 valence electrons.